The molecule has 1 aliphatic rings. The van der Waals surface area contributed by atoms with Crippen LogP contribution in [-0.4, -0.2) is 31.6 Å². The Morgan fingerprint density at radius 3 is 2.31 bits per heavy atom. The molecular weight excluding hydrogens is 542 g/mol. The molecule has 0 aromatic heterocycles. The maximum atomic E-state index is 14.0. The summed E-state index contributed by atoms with van der Waals surface area (Å²) >= 11 is 0. The summed E-state index contributed by atoms with van der Waals surface area (Å²) < 4.78 is 44.6. The number of benzene rings is 4. The van der Waals surface area contributed by atoms with Crippen LogP contribution in [0, 0.1) is 18.6 Å². The van der Waals surface area contributed by atoms with Gasteiger partial charge in [-0.1, -0.05) is 12.1 Å². The van der Waals surface area contributed by atoms with E-state index in [2.05, 4.69) is 5.32 Å². The maximum absolute atomic E-state index is 14.0. The molecule has 0 fully saturated rings. The van der Waals surface area contributed by atoms with Gasteiger partial charge in [-0.15, -0.1) is 0 Å². The van der Waals surface area contributed by atoms with E-state index in [9.17, 15) is 18.4 Å². The van der Waals surface area contributed by atoms with Crippen molar-refractivity contribution in [2.75, 3.05) is 24.4 Å². The number of carbonyl (C=O) groups excluding carboxylic acids is 2. The summed E-state index contributed by atoms with van der Waals surface area (Å²) in [5, 5.41) is 3.31. The van der Waals surface area contributed by atoms with E-state index in [1.165, 1.54) is 43.5 Å². The van der Waals surface area contributed by atoms with Crippen LogP contribution >= 0.6 is 0 Å². The molecule has 4 aromatic rings. The molecule has 216 valence electrons. The molecule has 0 spiro atoms. The van der Waals surface area contributed by atoms with Crippen LogP contribution in [0.5, 0.6) is 17.2 Å². The van der Waals surface area contributed by atoms with Crippen molar-refractivity contribution in [3.8, 4) is 28.4 Å². The van der Waals surface area contributed by atoms with E-state index in [0.29, 0.717) is 33.9 Å². The van der Waals surface area contributed by atoms with E-state index >= 15 is 0 Å². The van der Waals surface area contributed by atoms with Gasteiger partial charge in [-0.3, -0.25) is 4.79 Å². The van der Waals surface area contributed by atoms with Gasteiger partial charge in [0.05, 0.1) is 24.0 Å². The van der Waals surface area contributed by atoms with Crippen molar-refractivity contribution in [1.82, 2.24) is 0 Å². The molecule has 0 saturated carbocycles. The van der Waals surface area contributed by atoms with E-state index < -0.39 is 23.1 Å². The number of fused-ring (bicyclic) bond motifs is 1. The second kappa shape index (κ2) is 11.2. The number of amides is 1. The third kappa shape index (κ3) is 5.50. The number of ether oxygens (including phenoxy) is 3. The number of methoxy groups -OCH3 is 1. The fraction of sp³-hybridized carbons (Fsp3) is 0.212. The number of nitrogens with one attached hydrogen (secondary N) is 1. The summed E-state index contributed by atoms with van der Waals surface area (Å²) in [4.78, 5) is 27.5. The Morgan fingerprint density at radius 1 is 0.905 bits per heavy atom. The molecule has 1 N–H and O–H groups in total. The zero-order valence-corrected chi connectivity index (χ0v) is 23.9. The van der Waals surface area contributed by atoms with Gasteiger partial charge in [0.25, 0.3) is 5.91 Å². The average molecular weight is 573 g/mol. The Balaban J connectivity index is 1.57. The first-order valence-electron chi connectivity index (χ1n) is 13.3. The minimum absolute atomic E-state index is 0.0208. The molecule has 0 aliphatic carbocycles. The van der Waals surface area contributed by atoms with Gasteiger partial charge in [-0.25, -0.2) is 13.6 Å². The molecule has 42 heavy (non-hydrogen) atoms. The molecule has 1 heterocycles. The van der Waals surface area contributed by atoms with Crippen LogP contribution in [-0.2, 0) is 11.4 Å². The number of carbonyl (C=O) groups is 2. The standard InChI is InChI=1S/C33H30F2N2O5/c1-19-6-9-22(35)16-28(19)41-18-26-24(14-15-27-30(26)37(4)32(39)33(2,3)36-27)25-13-12-23(17-29(25)40-5)42-31(38)20-7-10-21(34)11-8-20/h6-17,36H,18H2,1-5H3. The van der Waals surface area contributed by atoms with E-state index in [1.54, 1.807) is 36.2 Å². The average Bonchev–Trinajstić information content (AvgIpc) is 2.96. The summed E-state index contributed by atoms with van der Waals surface area (Å²) in [5.41, 5.74) is 3.53. The van der Waals surface area contributed by atoms with Crippen molar-refractivity contribution >= 4 is 23.3 Å². The van der Waals surface area contributed by atoms with Crippen LogP contribution in [0.2, 0.25) is 0 Å². The lowest BCUT2D eigenvalue weighted by Crippen LogP contribution is -2.52. The number of rotatable bonds is 7. The molecule has 0 atom stereocenters. The summed E-state index contributed by atoms with van der Waals surface area (Å²) in [7, 11) is 3.20. The van der Waals surface area contributed by atoms with Gasteiger partial charge in [-0.05, 0) is 80.4 Å². The first-order chi connectivity index (χ1) is 20.0. The van der Waals surface area contributed by atoms with Gasteiger partial charge in [0, 0.05) is 30.3 Å². The van der Waals surface area contributed by atoms with Crippen molar-refractivity contribution in [2.45, 2.75) is 32.9 Å². The Hall–Kier alpha value is -4.92. The minimum atomic E-state index is -0.825. The number of nitrogens with zero attached hydrogens (tertiary/aromatic N) is 1. The van der Waals surface area contributed by atoms with Gasteiger partial charge in [0.1, 0.15) is 41.0 Å². The lowest BCUT2D eigenvalue weighted by atomic mass is 9.91. The fourth-order valence-corrected chi connectivity index (χ4v) is 5.02. The molecule has 0 bridgehead atoms. The zero-order chi connectivity index (χ0) is 30.2. The predicted molar refractivity (Wildman–Crippen MR) is 156 cm³/mol. The molecule has 4 aromatic carbocycles. The van der Waals surface area contributed by atoms with E-state index in [1.807, 2.05) is 32.9 Å². The van der Waals surface area contributed by atoms with Gasteiger partial charge in [-0.2, -0.15) is 0 Å². The van der Waals surface area contributed by atoms with Crippen molar-refractivity contribution in [3.63, 3.8) is 0 Å². The van der Waals surface area contributed by atoms with Crippen LogP contribution in [0.1, 0.15) is 35.3 Å². The number of esters is 1. The van der Waals surface area contributed by atoms with Crippen molar-refractivity contribution < 1.29 is 32.6 Å². The quantitative estimate of drug-likeness (QED) is 0.192. The number of hydrogen-bond donors (Lipinski definition) is 1. The van der Waals surface area contributed by atoms with Crippen molar-refractivity contribution in [3.05, 3.63) is 101 Å². The Morgan fingerprint density at radius 2 is 1.60 bits per heavy atom. The third-order valence-electron chi connectivity index (χ3n) is 7.18. The molecular formula is C33H30F2N2O5. The number of likely N-dealkylation sites (N-methyl/N-ethyl adjacent to an activating group) is 1. The lowest BCUT2D eigenvalue weighted by molar-refractivity contribution is -0.121. The highest BCUT2D eigenvalue weighted by Crippen LogP contribution is 2.45. The number of hydrogen-bond acceptors (Lipinski definition) is 6. The second-order valence-corrected chi connectivity index (χ2v) is 10.6. The molecule has 0 saturated heterocycles. The molecule has 9 heteroatoms. The number of aryl methyl sites for hydroxylation is 1. The van der Waals surface area contributed by atoms with E-state index in [4.69, 9.17) is 14.2 Å². The summed E-state index contributed by atoms with van der Waals surface area (Å²) in [6.07, 6.45) is 0. The molecule has 7 nitrogen and oxygen atoms in total. The first kappa shape index (κ1) is 28.6. The predicted octanol–water partition coefficient (Wildman–Crippen LogP) is 6.91. The molecule has 0 radical (unpaired) electrons. The number of anilines is 2. The summed E-state index contributed by atoms with van der Waals surface area (Å²) in [5.74, 6) is -0.647. The lowest BCUT2D eigenvalue weighted by Gasteiger charge is -2.39. The smallest absolute Gasteiger partial charge is 0.343 e. The van der Waals surface area contributed by atoms with Crippen molar-refractivity contribution in [2.24, 2.45) is 0 Å². The molecule has 0 unspecified atom stereocenters. The Labute approximate surface area is 242 Å². The summed E-state index contributed by atoms with van der Waals surface area (Å²) in [6.45, 7) is 5.46. The minimum Gasteiger partial charge on any atom is -0.496 e. The Bertz CT molecular complexity index is 1690. The normalized spacial score (nSPS) is 13.7. The van der Waals surface area contributed by atoms with Crippen LogP contribution in [0.15, 0.2) is 72.8 Å². The van der Waals surface area contributed by atoms with Crippen LogP contribution < -0.4 is 24.4 Å². The highest BCUT2D eigenvalue weighted by Gasteiger charge is 2.38. The first-order valence-corrected chi connectivity index (χ1v) is 13.3. The molecule has 1 aliphatic heterocycles. The highest BCUT2D eigenvalue weighted by atomic mass is 19.1. The third-order valence-corrected chi connectivity index (χ3v) is 7.18. The van der Waals surface area contributed by atoms with E-state index in [0.717, 1.165) is 11.3 Å². The molecule has 5 rings (SSSR count). The van der Waals surface area contributed by atoms with Gasteiger partial charge in [0.15, 0.2) is 0 Å². The largest absolute Gasteiger partial charge is 0.496 e. The fourth-order valence-electron chi connectivity index (χ4n) is 5.02. The molecule has 1 amide bonds. The zero-order valence-electron chi connectivity index (χ0n) is 23.9. The summed E-state index contributed by atoms with van der Waals surface area (Å²) in [6, 6.07) is 18.1. The van der Waals surface area contributed by atoms with Crippen LogP contribution in [0.25, 0.3) is 11.1 Å². The highest BCUT2D eigenvalue weighted by molar-refractivity contribution is 6.08. The van der Waals surface area contributed by atoms with Crippen LogP contribution in [0.4, 0.5) is 20.2 Å². The van der Waals surface area contributed by atoms with E-state index in [-0.39, 0.29) is 23.8 Å². The maximum Gasteiger partial charge on any atom is 0.343 e. The van der Waals surface area contributed by atoms with Gasteiger partial charge < -0.3 is 24.4 Å². The van der Waals surface area contributed by atoms with Crippen molar-refractivity contribution in [1.29, 1.82) is 0 Å². The van der Waals surface area contributed by atoms with Gasteiger partial charge in [0.2, 0.25) is 0 Å². The Kier molecular flexibility index (Phi) is 7.60. The second-order valence-electron chi connectivity index (χ2n) is 10.6. The number of halogens is 2. The van der Waals surface area contributed by atoms with Crippen LogP contribution in [0.3, 0.4) is 0 Å². The SMILES string of the molecule is COc1cc(OC(=O)c2ccc(F)cc2)ccc1-c1ccc2c(c1COc1cc(F)ccc1C)N(C)C(=O)C(C)(C)N2. The topological polar surface area (TPSA) is 77.1 Å². The monoisotopic (exact) mass is 572 g/mol. The van der Waals surface area contributed by atoms with Gasteiger partial charge >= 0.3 is 5.97 Å².